The van der Waals surface area contributed by atoms with Gasteiger partial charge in [-0.1, -0.05) is 19.1 Å². The number of hydrogen-bond acceptors (Lipinski definition) is 5. The largest absolute Gasteiger partial charge is 0.366 e. The van der Waals surface area contributed by atoms with Crippen LogP contribution in [0.2, 0.25) is 0 Å². The van der Waals surface area contributed by atoms with Gasteiger partial charge in [0.05, 0.1) is 0 Å². The van der Waals surface area contributed by atoms with Crippen LogP contribution in [0.5, 0.6) is 0 Å². The molecule has 3 aromatic rings. The van der Waals surface area contributed by atoms with Crippen LogP contribution in [0.15, 0.2) is 47.4 Å². The summed E-state index contributed by atoms with van der Waals surface area (Å²) in [5.41, 5.74) is 3.82. The van der Waals surface area contributed by atoms with Crippen molar-refractivity contribution in [3.63, 3.8) is 0 Å². The Hall–Kier alpha value is -3.48. The maximum absolute atomic E-state index is 11.9. The van der Waals surface area contributed by atoms with Gasteiger partial charge in [0.2, 0.25) is 5.91 Å². The van der Waals surface area contributed by atoms with Crippen LogP contribution in [0.1, 0.15) is 36.6 Å². The van der Waals surface area contributed by atoms with Crippen molar-refractivity contribution in [2.45, 2.75) is 40.2 Å². The number of nitrogens with zero attached hydrogens (tertiary/aromatic N) is 2. The van der Waals surface area contributed by atoms with Gasteiger partial charge in [0.25, 0.3) is 5.56 Å². The lowest BCUT2D eigenvalue weighted by molar-refractivity contribution is -0.116. The normalized spacial score (nSPS) is 10.6. The van der Waals surface area contributed by atoms with Crippen LogP contribution in [-0.2, 0) is 11.3 Å². The minimum absolute atomic E-state index is 0.0299. The summed E-state index contributed by atoms with van der Waals surface area (Å²) in [5, 5.41) is 6.14. The van der Waals surface area contributed by atoms with Crippen LogP contribution in [0.25, 0.3) is 11.4 Å². The minimum Gasteiger partial charge on any atom is -0.366 e. The second-order valence-electron chi connectivity index (χ2n) is 6.91. The summed E-state index contributed by atoms with van der Waals surface area (Å²) in [6, 6.07) is 11.4. The van der Waals surface area contributed by atoms with Crippen LogP contribution >= 0.6 is 0 Å². The van der Waals surface area contributed by atoms with Gasteiger partial charge in [0.1, 0.15) is 11.6 Å². The molecule has 3 rings (SSSR count). The van der Waals surface area contributed by atoms with Crippen LogP contribution < -0.4 is 16.2 Å². The number of aromatic nitrogens is 3. The first-order valence-corrected chi connectivity index (χ1v) is 9.63. The maximum Gasteiger partial charge on any atom is 0.254 e. The predicted octanol–water partition coefficient (Wildman–Crippen LogP) is 3.80. The number of pyridine rings is 1. The van der Waals surface area contributed by atoms with E-state index in [4.69, 9.17) is 0 Å². The molecule has 0 radical (unpaired) electrons. The second-order valence-corrected chi connectivity index (χ2v) is 6.91. The standard InChI is InChI=1S/C22H25N5O2/c1-4-5-20(28)26-18-9-6-16(7-10-18)12-23-19-11-8-17(13-24-19)21-25-15(3)14(2)22(29)27-21/h6-11,13H,4-5,12H2,1-3H3,(H,23,24)(H,26,28)(H,25,27,29). The highest BCUT2D eigenvalue weighted by Gasteiger charge is 2.07. The number of carbonyl (C=O) groups excluding carboxylic acids is 1. The molecule has 3 N–H and O–H groups in total. The Morgan fingerprint density at radius 3 is 2.48 bits per heavy atom. The van der Waals surface area contributed by atoms with Crippen molar-refractivity contribution in [1.82, 2.24) is 15.0 Å². The van der Waals surface area contributed by atoms with E-state index < -0.39 is 0 Å². The van der Waals surface area contributed by atoms with Gasteiger partial charge in [-0.2, -0.15) is 0 Å². The van der Waals surface area contributed by atoms with Gasteiger partial charge in [-0.25, -0.2) is 9.97 Å². The summed E-state index contributed by atoms with van der Waals surface area (Å²) in [5.74, 6) is 1.26. The van der Waals surface area contributed by atoms with Gasteiger partial charge >= 0.3 is 0 Å². The molecular weight excluding hydrogens is 366 g/mol. The minimum atomic E-state index is -0.135. The molecule has 0 unspecified atom stereocenters. The van der Waals surface area contributed by atoms with E-state index in [0.717, 1.165) is 29.1 Å². The molecule has 0 fully saturated rings. The Balaban J connectivity index is 1.60. The molecule has 29 heavy (non-hydrogen) atoms. The molecule has 0 aliphatic heterocycles. The number of rotatable bonds is 7. The van der Waals surface area contributed by atoms with Crippen molar-refractivity contribution in [3.8, 4) is 11.4 Å². The Kier molecular flexibility index (Phi) is 6.39. The van der Waals surface area contributed by atoms with Crippen LogP contribution in [0.4, 0.5) is 11.5 Å². The van der Waals surface area contributed by atoms with Crippen molar-refractivity contribution in [2.75, 3.05) is 10.6 Å². The fourth-order valence-electron chi connectivity index (χ4n) is 2.77. The lowest BCUT2D eigenvalue weighted by Crippen LogP contribution is -2.14. The van der Waals surface area contributed by atoms with E-state index in [0.29, 0.717) is 30.0 Å². The maximum atomic E-state index is 11.9. The highest BCUT2D eigenvalue weighted by Crippen LogP contribution is 2.16. The van der Waals surface area contributed by atoms with E-state index >= 15 is 0 Å². The van der Waals surface area contributed by atoms with Crippen LogP contribution in [-0.4, -0.2) is 20.9 Å². The number of nitrogens with one attached hydrogen (secondary N) is 3. The number of carbonyl (C=O) groups is 1. The van der Waals surface area contributed by atoms with Crippen LogP contribution in [0.3, 0.4) is 0 Å². The van der Waals surface area contributed by atoms with E-state index in [1.165, 1.54) is 0 Å². The molecule has 0 saturated carbocycles. The molecule has 2 aromatic heterocycles. The van der Waals surface area contributed by atoms with E-state index in [-0.39, 0.29) is 11.5 Å². The van der Waals surface area contributed by atoms with Crippen molar-refractivity contribution in [2.24, 2.45) is 0 Å². The quantitative estimate of drug-likeness (QED) is 0.569. The molecule has 150 valence electrons. The Morgan fingerprint density at radius 1 is 1.10 bits per heavy atom. The van der Waals surface area contributed by atoms with Gasteiger partial charge in [0, 0.05) is 41.7 Å². The molecule has 7 heteroatoms. The Morgan fingerprint density at radius 2 is 1.86 bits per heavy atom. The third-order valence-corrected chi connectivity index (χ3v) is 4.62. The Labute approximate surface area is 169 Å². The number of H-pyrrole nitrogens is 1. The van der Waals surface area contributed by atoms with Crippen molar-refractivity contribution in [1.29, 1.82) is 0 Å². The summed E-state index contributed by atoms with van der Waals surface area (Å²) in [7, 11) is 0. The average Bonchev–Trinajstić information content (AvgIpc) is 2.72. The highest BCUT2D eigenvalue weighted by atomic mass is 16.1. The molecule has 0 bridgehead atoms. The van der Waals surface area contributed by atoms with Crippen molar-refractivity contribution < 1.29 is 4.79 Å². The first-order valence-electron chi connectivity index (χ1n) is 9.63. The first kappa shape index (κ1) is 20.3. The molecule has 1 aromatic carbocycles. The average molecular weight is 391 g/mol. The highest BCUT2D eigenvalue weighted by molar-refractivity contribution is 5.90. The van der Waals surface area contributed by atoms with Crippen molar-refractivity contribution in [3.05, 3.63) is 69.8 Å². The first-order chi connectivity index (χ1) is 14.0. The lowest BCUT2D eigenvalue weighted by atomic mass is 10.2. The molecule has 0 saturated heterocycles. The zero-order chi connectivity index (χ0) is 20.8. The molecule has 0 atom stereocenters. The van der Waals surface area contributed by atoms with E-state index in [9.17, 15) is 9.59 Å². The third kappa shape index (κ3) is 5.28. The van der Waals surface area contributed by atoms with Gasteiger partial charge in [-0.3, -0.25) is 9.59 Å². The van der Waals surface area contributed by atoms with Gasteiger partial charge < -0.3 is 15.6 Å². The summed E-state index contributed by atoms with van der Waals surface area (Å²) in [6.45, 7) is 6.15. The SMILES string of the molecule is CCCC(=O)Nc1ccc(CNc2ccc(-c3nc(C)c(C)c(=O)[nH]3)cn2)cc1. The third-order valence-electron chi connectivity index (χ3n) is 4.62. The second kappa shape index (κ2) is 9.14. The fourth-order valence-corrected chi connectivity index (χ4v) is 2.77. The van der Waals surface area contributed by atoms with Gasteiger partial charge in [0.15, 0.2) is 0 Å². The Bertz CT molecular complexity index is 1040. The molecule has 7 nitrogen and oxygen atoms in total. The van der Waals surface area contributed by atoms with E-state index in [1.54, 1.807) is 13.1 Å². The van der Waals surface area contributed by atoms with Crippen LogP contribution in [0, 0.1) is 13.8 Å². The fraction of sp³-hybridized carbons (Fsp3) is 0.273. The summed E-state index contributed by atoms with van der Waals surface area (Å²) >= 11 is 0. The van der Waals surface area contributed by atoms with Crippen molar-refractivity contribution >= 4 is 17.4 Å². The van der Waals surface area contributed by atoms with E-state index in [2.05, 4.69) is 25.6 Å². The molecule has 0 spiro atoms. The zero-order valence-electron chi connectivity index (χ0n) is 16.9. The molecule has 0 aliphatic rings. The number of amides is 1. The topological polar surface area (TPSA) is 99.8 Å². The number of aromatic amines is 1. The number of anilines is 2. The van der Waals surface area contributed by atoms with E-state index in [1.807, 2.05) is 50.2 Å². The summed E-state index contributed by atoms with van der Waals surface area (Å²) < 4.78 is 0. The smallest absolute Gasteiger partial charge is 0.254 e. The summed E-state index contributed by atoms with van der Waals surface area (Å²) in [6.07, 6.45) is 3.04. The lowest BCUT2D eigenvalue weighted by Gasteiger charge is -2.09. The van der Waals surface area contributed by atoms with Gasteiger partial charge in [-0.05, 0) is 50.1 Å². The monoisotopic (exact) mass is 391 g/mol. The predicted molar refractivity (Wildman–Crippen MR) is 115 cm³/mol. The summed E-state index contributed by atoms with van der Waals surface area (Å²) in [4.78, 5) is 35.2. The molecule has 0 aliphatic carbocycles. The molecule has 2 heterocycles. The molecule has 1 amide bonds. The number of hydrogen-bond donors (Lipinski definition) is 3. The molecular formula is C22H25N5O2. The zero-order valence-corrected chi connectivity index (χ0v) is 16.9. The van der Waals surface area contributed by atoms with Gasteiger partial charge in [-0.15, -0.1) is 0 Å². The number of benzene rings is 1. The number of aryl methyl sites for hydroxylation is 1.